The first-order chi connectivity index (χ1) is 32.3. The van der Waals surface area contributed by atoms with Gasteiger partial charge in [0.2, 0.25) is 0 Å². The molecule has 0 spiro atoms. The Morgan fingerprint density at radius 3 is 1.36 bits per heavy atom. The largest absolute Gasteiger partial charge is 0.479 e. The van der Waals surface area contributed by atoms with Crippen molar-refractivity contribution in [1.29, 1.82) is 0 Å². The molecule has 0 aliphatic carbocycles. The van der Waals surface area contributed by atoms with Crippen molar-refractivity contribution in [2.75, 3.05) is 78.8 Å². The number of morpholine rings is 2. The SMILES string of the molecule is O=C([C@@H]1Cc2cc(Cl)cc(-c3ccnc4[nH]ccc34)c2O1)N1CCC(N2CCOCC2)CC1.O=C([C@H]1Cc2cc(Cl)cc(-c3ccnc4[nH]ccc34)c2O1)N1CCC(N2CCOCC2)CC1. The van der Waals surface area contributed by atoms with Gasteiger partial charge in [-0.2, -0.15) is 0 Å². The van der Waals surface area contributed by atoms with Crippen molar-refractivity contribution in [2.45, 2.75) is 62.8 Å². The minimum atomic E-state index is -0.499. The molecule has 6 aliphatic rings. The number of carbonyl (C=O) groups excluding carboxylic acids is 2. The second kappa shape index (κ2) is 18.8. The number of pyridine rings is 2. The fraction of sp³-hybridized carbons (Fsp3) is 0.440. The summed E-state index contributed by atoms with van der Waals surface area (Å²) >= 11 is 13.0. The summed E-state index contributed by atoms with van der Waals surface area (Å²) in [4.78, 5) is 50.8. The van der Waals surface area contributed by atoms with E-state index >= 15 is 0 Å². The number of nitrogens with one attached hydrogen (secondary N) is 2. The molecule has 66 heavy (non-hydrogen) atoms. The van der Waals surface area contributed by atoms with Gasteiger partial charge in [-0.05, 0) is 85.3 Å². The van der Waals surface area contributed by atoms with Gasteiger partial charge < -0.3 is 38.7 Å². The van der Waals surface area contributed by atoms with Crippen molar-refractivity contribution in [2.24, 2.45) is 0 Å². The molecule has 12 rings (SSSR count). The first-order valence-electron chi connectivity index (χ1n) is 23.4. The zero-order chi connectivity index (χ0) is 44.7. The number of fused-ring (bicyclic) bond motifs is 4. The van der Waals surface area contributed by atoms with Crippen molar-refractivity contribution in [3.05, 3.63) is 94.5 Å². The predicted molar refractivity (Wildman–Crippen MR) is 253 cm³/mol. The molecule has 10 heterocycles. The Bertz CT molecular complexity index is 2550. The number of H-pyrrole nitrogens is 2. The molecule has 0 radical (unpaired) electrons. The Labute approximate surface area is 393 Å². The molecule has 4 aromatic heterocycles. The van der Waals surface area contributed by atoms with E-state index in [9.17, 15) is 9.59 Å². The number of halogens is 2. The lowest BCUT2D eigenvalue weighted by atomic mass is 9.98. The number of aromatic nitrogens is 4. The summed E-state index contributed by atoms with van der Waals surface area (Å²) in [6.07, 6.45) is 11.4. The van der Waals surface area contributed by atoms with Crippen LogP contribution in [0.15, 0.2) is 73.3 Å². The minimum Gasteiger partial charge on any atom is -0.479 e. The highest BCUT2D eigenvalue weighted by Gasteiger charge is 2.39. The van der Waals surface area contributed by atoms with Gasteiger partial charge in [-0.15, -0.1) is 0 Å². The molecular weight excluding hydrogens is 880 g/mol. The minimum absolute atomic E-state index is 0.0789. The van der Waals surface area contributed by atoms with E-state index in [1.807, 2.05) is 70.7 Å². The number of aromatic amines is 2. The molecule has 14 nitrogen and oxygen atoms in total. The Balaban J connectivity index is 0.000000146. The van der Waals surface area contributed by atoms with Gasteiger partial charge in [0.15, 0.2) is 12.2 Å². The summed E-state index contributed by atoms with van der Waals surface area (Å²) in [5, 5.41) is 3.30. The second-order valence-electron chi connectivity index (χ2n) is 18.1. The van der Waals surface area contributed by atoms with E-state index in [2.05, 4.69) is 29.7 Å². The second-order valence-corrected chi connectivity index (χ2v) is 19.0. The van der Waals surface area contributed by atoms with Crippen LogP contribution in [0, 0.1) is 0 Å². The van der Waals surface area contributed by atoms with Crippen molar-refractivity contribution in [1.82, 2.24) is 39.5 Å². The number of nitrogens with zero attached hydrogens (tertiary/aromatic N) is 6. The number of amides is 2. The maximum atomic E-state index is 13.4. The van der Waals surface area contributed by atoms with Gasteiger partial charge >= 0.3 is 0 Å². The first kappa shape index (κ1) is 43.4. The van der Waals surface area contributed by atoms with Crippen LogP contribution in [0.2, 0.25) is 10.0 Å². The average molecular weight is 934 g/mol. The summed E-state index contributed by atoms with van der Waals surface area (Å²) in [5.41, 5.74) is 7.42. The van der Waals surface area contributed by atoms with Gasteiger partial charge in [0.25, 0.3) is 11.8 Å². The number of hydrogen-bond donors (Lipinski definition) is 2. The van der Waals surface area contributed by atoms with E-state index in [4.69, 9.17) is 42.1 Å². The quantitative estimate of drug-likeness (QED) is 0.179. The number of rotatable bonds is 6. The van der Waals surface area contributed by atoms with Gasteiger partial charge in [-0.3, -0.25) is 19.4 Å². The standard InChI is InChI=1S/2C25H27ClN4O3/c2*26-17-13-16-14-22(25(31)30-7-3-18(4-8-30)29-9-11-32-12-10-29)33-23(16)21(15-17)19-1-5-27-24-20(19)2-6-28-24/h2*1-2,5-6,13,15,18,22H,3-4,7-12,14H2,(H,27,28)/t2*22-/m10/s1. The zero-order valence-corrected chi connectivity index (χ0v) is 38.4. The van der Waals surface area contributed by atoms with E-state index in [0.717, 1.165) is 171 Å². The van der Waals surface area contributed by atoms with Crippen LogP contribution in [-0.2, 0) is 31.9 Å². The van der Waals surface area contributed by atoms with Gasteiger partial charge in [0.1, 0.15) is 22.8 Å². The normalized spacial score (nSPS) is 21.8. The highest BCUT2D eigenvalue weighted by Crippen LogP contribution is 2.45. The van der Waals surface area contributed by atoms with Crippen LogP contribution >= 0.6 is 23.2 Å². The van der Waals surface area contributed by atoms with Crippen molar-refractivity contribution in [3.8, 4) is 33.8 Å². The Morgan fingerprint density at radius 2 is 0.955 bits per heavy atom. The number of ether oxygens (including phenoxy) is 4. The lowest BCUT2D eigenvalue weighted by Gasteiger charge is -2.40. The summed E-state index contributed by atoms with van der Waals surface area (Å²) in [6, 6.07) is 16.7. The molecule has 2 atom stereocenters. The molecule has 0 unspecified atom stereocenters. The highest BCUT2D eigenvalue weighted by molar-refractivity contribution is 6.31. The van der Waals surface area contributed by atoms with Crippen LogP contribution in [-0.4, -0.2) is 154 Å². The fourth-order valence-corrected chi connectivity index (χ4v) is 11.4. The Hall–Kier alpha value is -5.22. The predicted octanol–water partition coefficient (Wildman–Crippen LogP) is 7.02. The molecule has 4 fully saturated rings. The monoisotopic (exact) mass is 932 g/mol. The topological polar surface area (TPSA) is 141 Å². The molecule has 2 aromatic carbocycles. The van der Waals surface area contributed by atoms with Crippen LogP contribution in [0.1, 0.15) is 36.8 Å². The smallest absolute Gasteiger partial charge is 0.263 e. The Kier molecular flexibility index (Phi) is 12.4. The number of likely N-dealkylation sites (tertiary alicyclic amines) is 2. The van der Waals surface area contributed by atoms with Gasteiger partial charge in [-0.1, -0.05) is 23.2 Å². The molecule has 6 aromatic rings. The lowest BCUT2D eigenvalue weighted by molar-refractivity contribution is -0.140. The van der Waals surface area contributed by atoms with Crippen molar-refractivity contribution < 1.29 is 28.5 Å². The van der Waals surface area contributed by atoms with Crippen LogP contribution in [0.5, 0.6) is 11.5 Å². The maximum absolute atomic E-state index is 13.4. The molecule has 0 bridgehead atoms. The number of piperidine rings is 2. The maximum Gasteiger partial charge on any atom is 0.263 e. The summed E-state index contributed by atoms with van der Waals surface area (Å²) in [7, 11) is 0. The molecule has 0 saturated carbocycles. The van der Waals surface area contributed by atoms with E-state index in [0.29, 0.717) is 35.0 Å². The van der Waals surface area contributed by atoms with E-state index in [-0.39, 0.29) is 11.8 Å². The molecule has 2 amide bonds. The third-order valence-corrected chi connectivity index (χ3v) is 14.8. The van der Waals surface area contributed by atoms with E-state index < -0.39 is 12.2 Å². The molecule has 16 heteroatoms. The van der Waals surface area contributed by atoms with Crippen LogP contribution in [0.4, 0.5) is 0 Å². The molecule has 6 aliphatic heterocycles. The lowest BCUT2D eigenvalue weighted by Crippen LogP contribution is -2.52. The fourth-order valence-electron chi connectivity index (χ4n) is 10.9. The van der Waals surface area contributed by atoms with Crippen molar-refractivity contribution >= 4 is 57.1 Å². The third kappa shape index (κ3) is 8.63. The average Bonchev–Trinajstić information content (AvgIpc) is 4.21. The number of carbonyl (C=O) groups is 2. The van der Waals surface area contributed by atoms with E-state index in [1.165, 1.54) is 0 Å². The van der Waals surface area contributed by atoms with Gasteiger partial charge in [0.05, 0.1) is 26.4 Å². The molecular formula is C50H54Cl2N8O6. The molecule has 2 N–H and O–H groups in total. The van der Waals surface area contributed by atoms with Crippen LogP contribution in [0.3, 0.4) is 0 Å². The summed E-state index contributed by atoms with van der Waals surface area (Å²) in [6.45, 7) is 10.3. The Morgan fingerprint density at radius 1 is 0.545 bits per heavy atom. The van der Waals surface area contributed by atoms with Crippen molar-refractivity contribution in [3.63, 3.8) is 0 Å². The summed E-state index contributed by atoms with van der Waals surface area (Å²) < 4.78 is 23.6. The van der Waals surface area contributed by atoms with Crippen LogP contribution in [0.25, 0.3) is 44.3 Å². The molecule has 344 valence electrons. The number of hydrogen-bond acceptors (Lipinski definition) is 10. The zero-order valence-electron chi connectivity index (χ0n) is 36.9. The van der Waals surface area contributed by atoms with Crippen LogP contribution < -0.4 is 9.47 Å². The third-order valence-electron chi connectivity index (χ3n) is 14.3. The summed E-state index contributed by atoms with van der Waals surface area (Å²) in [5.74, 6) is 1.68. The number of benzene rings is 2. The van der Waals surface area contributed by atoms with Gasteiger partial charge in [0, 0.05) is 145 Å². The first-order valence-corrected chi connectivity index (χ1v) is 24.1. The highest BCUT2D eigenvalue weighted by atomic mass is 35.5. The van der Waals surface area contributed by atoms with Gasteiger partial charge in [-0.25, -0.2) is 9.97 Å². The van der Waals surface area contributed by atoms with E-state index in [1.54, 1.807) is 12.4 Å². The molecule has 4 saturated heterocycles.